The van der Waals surface area contributed by atoms with Crippen LogP contribution in [0.4, 0.5) is 0 Å². The fraction of sp³-hybridized carbons (Fsp3) is 0.412. The normalized spacial score (nSPS) is 15.2. The smallest absolute Gasteiger partial charge is 0.361 e. The van der Waals surface area contributed by atoms with Gasteiger partial charge in [-0.25, -0.2) is 4.79 Å². The average Bonchev–Trinajstić information content (AvgIpc) is 3.23. The number of aryl methyl sites for hydroxylation is 1. The zero-order valence-corrected chi connectivity index (χ0v) is 14.9. The minimum atomic E-state index is -0.846. The third kappa shape index (κ3) is 3.82. The molecule has 1 aromatic heterocycles. The molecule has 1 atom stereocenters. The van der Waals surface area contributed by atoms with E-state index >= 15 is 0 Å². The van der Waals surface area contributed by atoms with Crippen LogP contribution in [0.2, 0.25) is 5.02 Å². The number of rotatable bonds is 4. The number of likely N-dealkylation sites (tertiary alicyclic amines) is 1. The van der Waals surface area contributed by atoms with Crippen molar-refractivity contribution in [3.63, 3.8) is 0 Å². The molecule has 0 spiro atoms. The van der Waals surface area contributed by atoms with E-state index < -0.39 is 12.1 Å². The Kier molecular flexibility index (Phi) is 5.03. The van der Waals surface area contributed by atoms with Crippen molar-refractivity contribution in [3.05, 3.63) is 40.7 Å². The van der Waals surface area contributed by atoms with Gasteiger partial charge in [0.05, 0.1) is 11.4 Å². The first-order valence-corrected chi connectivity index (χ1v) is 8.53. The molecule has 7 nitrogen and oxygen atoms in total. The van der Waals surface area contributed by atoms with Crippen molar-refractivity contribution in [2.24, 2.45) is 0 Å². The molecule has 1 aromatic carbocycles. The monoisotopic (exact) mass is 362 g/mol. The van der Waals surface area contributed by atoms with Crippen LogP contribution in [0.1, 0.15) is 35.9 Å². The number of carbonyl (C=O) groups is 2. The Balaban J connectivity index is 1.73. The van der Waals surface area contributed by atoms with Crippen molar-refractivity contribution in [1.82, 2.24) is 19.9 Å². The molecule has 0 bridgehead atoms. The summed E-state index contributed by atoms with van der Waals surface area (Å²) in [5.74, 6) is -0.837. The van der Waals surface area contributed by atoms with Crippen LogP contribution in [0, 0.1) is 6.92 Å². The van der Waals surface area contributed by atoms with E-state index in [-0.39, 0.29) is 11.6 Å². The summed E-state index contributed by atoms with van der Waals surface area (Å²) in [5.41, 5.74) is 1.14. The third-order valence-corrected chi connectivity index (χ3v) is 4.30. The Bertz CT molecular complexity index is 799. The first-order chi connectivity index (χ1) is 12.0. The highest BCUT2D eigenvalue weighted by atomic mass is 35.5. The second-order valence-corrected chi connectivity index (χ2v) is 6.42. The predicted molar refractivity (Wildman–Crippen MR) is 91.8 cm³/mol. The van der Waals surface area contributed by atoms with Crippen LogP contribution >= 0.6 is 11.6 Å². The lowest BCUT2D eigenvalue weighted by Gasteiger charge is -2.20. The number of carbonyl (C=O) groups excluding carboxylic acids is 2. The number of aromatic nitrogens is 3. The molecule has 1 amide bonds. The molecular weight excluding hydrogens is 344 g/mol. The van der Waals surface area contributed by atoms with E-state index in [2.05, 4.69) is 10.2 Å². The predicted octanol–water partition coefficient (Wildman–Crippen LogP) is 2.40. The van der Waals surface area contributed by atoms with Gasteiger partial charge in [-0.05, 0) is 44.9 Å². The summed E-state index contributed by atoms with van der Waals surface area (Å²) >= 11 is 5.97. The molecule has 1 fully saturated rings. The number of halogens is 1. The van der Waals surface area contributed by atoms with E-state index in [0.29, 0.717) is 29.5 Å². The van der Waals surface area contributed by atoms with Gasteiger partial charge in [0.2, 0.25) is 0 Å². The van der Waals surface area contributed by atoms with Crippen LogP contribution in [0.3, 0.4) is 0 Å². The molecular formula is C17H19ClN4O3. The number of ether oxygens (including phenoxy) is 1. The molecule has 0 radical (unpaired) electrons. The van der Waals surface area contributed by atoms with Crippen molar-refractivity contribution in [3.8, 4) is 5.69 Å². The SMILES string of the molecule is Cc1nn(-c2cccc(Cl)c2)nc1C(=O)O[C@H](C)C(=O)N1CCCC1. The lowest BCUT2D eigenvalue weighted by molar-refractivity contribution is -0.138. The largest absolute Gasteiger partial charge is 0.448 e. The lowest BCUT2D eigenvalue weighted by Crippen LogP contribution is -2.38. The zero-order chi connectivity index (χ0) is 18.0. The van der Waals surface area contributed by atoms with Crippen molar-refractivity contribution in [2.75, 3.05) is 13.1 Å². The van der Waals surface area contributed by atoms with Crippen LogP contribution in [0.5, 0.6) is 0 Å². The number of amides is 1. The second-order valence-electron chi connectivity index (χ2n) is 5.98. The van der Waals surface area contributed by atoms with Gasteiger partial charge in [-0.1, -0.05) is 17.7 Å². The van der Waals surface area contributed by atoms with Crippen molar-refractivity contribution >= 4 is 23.5 Å². The molecule has 8 heteroatoms. The molecule has 3 rings (SSSR count). The molecule has 2 heterocycles. The van der Waals surface area contributed by atoms with E-state index in [1.165, 1.54) is 4.80 Å². The topological polar surface area (TPSA) is 77.3 Å². The molecule has 0 aliphatic carbocycles. The highest BCUT2D eigenvalue weighted by molar-refractivity contribution is 6.30. The zero-order valence-electron chi connectivity index (χ0n) is 14.1. The average molecular weight is 363 g/mol. The summed E-state index contributed by atoms with van der Waals surface area (Å²) in [6.07, 6.45) is 1.13. The minimum absolute atomic E-state index is 0.0843. The van der Waals surface area contributed by atoms with Gasteiger partial charge in [0.15, 0.2) is 11.8 Å². The van der Waals surface area contributed by atoms with Gasteiger partial charge in [0.1, 0.15) is 0 Å². The summed E-state index contributed by atoms with van der Waals surface area (Å²) in [4.78, 5) is 27.7. The first-order valence-electron chi connectivity index (χ1n) is 8.15. The van der Waals surface area contributed by atoms with Crippen LogP contribution in [0.25, 0.3) is 5.69 Å². The fourth-order valence-corrected chi connectivity index (χ4v) is 2.93. The second kappa shape index (κ2) is 7.23. The van der Waals surface area contributed by atoms with Gasteiger partial charge >= 0.3 is 5.97 Å². The van der Waals surface area contributed by atoms with Gasteiger partial charge < -0.3 is 9.64 Å². The minimum Gasteiger partial charge on any atom is -0.448 e. The maximum absolute atomic E-state index is 12.4. The van der Waals surface area contributed by atoms with Crippen LogP contribution in [-0.4, -0.2) is 51.0 Å². The number of esters is 1. The van der Waals surface area contributed by atoms with E-state index in [1.54, 1.807) is 43.0 Å². The number of benzene rings is 1. The Morgan fingerprint density at radius 2 is 1.96 bits per heavy atom. The maximum atomic E-state index is 12.4. The van der Waals surface area contributed by atoms with E-state index in [0.717, 1.165) is 12.8 Å². The molecule has 2 aromatic rings. The van der Waals surface area contributed by atoms with Gasteiger partial charge in [-0.15, -0.1) is 5.10 Å². The Morgan fingerprint density at radius 1 is 1.24 bits per heavy atom. The molecule has 1 aliphatic heterocycles. The standard InChI is InChI=1S/C17H19ClN4O3/c1-11-15(20-22(19-11)14-7-5-6-13(18)10-14)17(24)25-12(2)16(23)21-8-3-4-9-21/h5-7,10,12H,3-4,8-9H2,1-2H3/t12-/m1/s1. The van der Waals surface area contributed by atoms with E-state index in [1.807, 2.05) is 0 Å². The van der Waals surface area contributed by atoms with Crippen molar-refractivity contribution in [1.29, 1.82) is 0 Å². The van der Waals surface area contributed by atoms with Gasteiger partial charge in [-0.2, -0.15) is 9.90 Å². The quantitative estimate of drug-likeness (QED) is 0.780. The van der Waals surface area contributed by atoms with Gasteiger partial charge in [0, 0.05) is 18.1 Å². The molecule has 1 saturated heterocycles. The third-order valence-electron chi connectivity index (χ3n) is 4.06. The molecule has 0 N–H and O–H groups in total. The Labute approximate surface area is 150 Å². The number of hydrogen-bond acceptors (Lipinski definition) is 5. The van der Waals surface area contributed by atoms with E-state index in [9.17, 15) is 9.59 Å². The Hall–Kier alpha value is -2.41. The summed E-state index contributed by atoms with van der Waals surface area (Å²) in [6, 6.07) is 6.98. The van der Waals surface area contributed by atoms with Crippen molar-refractivity contribution < 1.29 is 14.3 Å². The maximum Gasteiger partial charge on any atom is 0.361 e. The van der Waals surface area contributed by atoms with Crippen molar-refractivity contribution in [2.45, 2.75) is 32.8 Å². The highest BCUT2D eigenvalue weighted by Crippen LogP contribution is 2.16. The fourth-order valence-electron chi connectivity index (χ4n) is 2.74. The number of nitrogens with zero attached hydrogens (tertiary/aromatic N) is 4. The Morgan fingerprint density at radius 3 is 2.64 bits per heavy atom. The van der Waals surface area contributed by atoms with Gasteiger partial charge in [-0.3, -0.25) is 4.79 Å². The summed E-state index contributed by atoms with van der Waals surface area (Å²) in [7, 11) is 0. The lowest BCUT2D eigenvalue weighted by atomic mass is 10.3. The van der Waals surface area contributed by atoms with E-state index in [4.69, 9.17) is 16.3 Å². The molecule has 1 aliphatic rings. The first kappa shape index (κ1) is 17.4. The summed E-state index contributed by atoms with van der Waals surface area (Å²) in [5, 5.41) is 8.94. The van der Waals surface area contributed by atoms with Crippen LogP contribution < -0.4 is 0 Å². The molecule has 132 valence electrons. The highest BCUT2D eigenvalue weighted by Gasteiger charge is 2.28. The molecule has 0 unspecified atom stereocenters. The summed E-state index contributed by atoms with van der Waals surface area (Å²) < 4.78 is 5.29. The number of hydrogen-bond donors (Lipinski definition) is 0. The molecule has 0 saturated carbocycles. The molecule has 25 heavy (non-hydrogen) atoms. The summed E-state index contributed by atoms with van der Waals surface area (Å²) in [6.45, 7) is 4.67. The van der Waals surface area contributed by atoms with Crippen LogP contribution in [-0.2, 0) is 9.53 Å². The van der Waals surface area contributed by atoms with Crippen LogP contribution in [0.15, 0.2) is 24.3 Å². The van der Waals surface area contributed by atoms with Gasteiger partial charge in [0.25, 0.3) is 5.91 Å².